The number of likely N-dealkylation sites (tertiary alicyclic amines) is 1. The molecule has 1 atom stereocenters. The fourth-order valence-corrected chi connectivity index (χ4v) is 11.0. The lowest BCUT2D eigenvalue weighted by atomic mass is 9.96. The molecule has 7 rings (SSSR count). The van der Waals surface area contributed by atoms with Crippen LogP contribution in [-0.4, -0.2) is 143 Å². The van der Waals surface area contributed by atoms with Crippen LogP contribution in [0.5, 0.6) is 0 Å². The van der Waals surface area contributed by atoms with Crippen molar-refractivity contribution in [2.24, 2.45) is 5.92 Å². The van der Waals surface area contributed by atoms with Crippen LogP contribution in [0, 0.1) is 17.6 Å². The van der Waals surface area contributed by atoms with Crippen LogP contribution >= 0.6 is 0 Å². The number of esters is 1. The lowest BCUT2D eigenvalue weighted by molar-refractivity contribution is -0.156. The van der Waals surface area contributed by atoms with Gasteiger partial charge in [-0.2, -0.15) is 12.7 Å². The van der Waals surface area contributed by atoms with Gasteiger partial charge in [0.25, 0.3) is 0 Å². The molecule has 0 amide bonds. The molecule has 354 valence electrons. The highest BCUT2D eigenvalue weighted by Gasteiger charge is 2.37. The van der Waals surface area contributed by atoms with Crippen LogP contribution in [0.2, 0.25) is 25.7 Å². The molecule has 2 aromatic heterocycles. The SMILES string of the molecule is CN(c1ccc(F)c(C(=O)c2cn(COCC[Si](C)(C)C)c3ncc(-c4ccc(N5CCN(CC6CCN(CC(=O)OC(C)(C)C)CC6)CC5)cc4)cc23)c1F)S(=O)(=O)N1CC[C@@H](F)C1. The number of hydrogen-bond acceptors (Lipinski definition) is 10. The summed E-state index contributed by atoms with van der Waals surface area (Å²) < 4.78 is 87.4. The topological polar surface area (TPSA) is 121 Å². The number of piperidine rings is 1. The van der Waals surface area contributed by atoms with E-state index in [1.54, 1.807) is 16.8 Å². The quantitative estimate of drug-likeness (QED) is 0.0486. The largest absolute Gasteiger partial charge is 0.459 e. The lowest BCUT2D eigenvalue weighted by Gasteiger charge is -2.39. The fourth-order valence-electron chi connectivity index (χ4n) is 8.77. The van der Waals surface area contributed by atoms with Crippen molar-refractivity contribution in [2.75, 3.05) is 88.3 Å². The predicted molar refractivity (Wildman–Crippen MR) is 251 cm³/mol. The summed E-state index contributed by atoms with van der Waals surface area (Å²) in [7, 11) is -4.69. The van der Waals surface area contributed by atoms with E-state index in [9.17, 15) is 22.4 Å². The normalized spacial score (nSPS) is 18.7. The third-order valence-electron chi connectivity index (χ3n) is 12.5. The van der Waals surface area contributed by atoms with Gasteiger partial charge in [-0.25, -0.2) is 18.2 Å². The summed E-state index contributed by atoms with van der Waals surface area (Å²) >= 11 is 0. The van der Waals surface area contributed by atoms with Gasteiger partial charge >= 0.3 is 16.2 Å². The van der Waals surface area contributed by atoms with Crippen molar-refractivity contribution in [3.8, 4) is 11.1 Å². The zero-order valence-electron chi connectivity index (χ0n) is 38.8. The Morgan fingerprint density at radius 1 is 0.908 bits per heavy atom. The number of ether oxygens (including phenoxy) is 2. The third kappa shape index (κ3) is 11.8. The van der Waals surface area contributed by atoms with E-state index in [-0.39, 0.29) is 37.8 Å². The molecular weight excluding hydrogens is 876 g/mol. The van der Waals surface area contributed by atoms with E-state index in [2.05, 4.69) is 46.5 Å². The molecule has 0 bridgehead atoms. The Hall–Kier alpha value is -4.33. The molecule has 0 aliphatic carbocycles. The molecule has 13 nitrogen and oxygen atoms in total. The number of ketones is 1. The van der Waals surface area contributed by atoms with E-state index in [1.807, 2.05) is 32.9 Å². The molecular formula is C47H64F3N7O6SSi. The highest BCUT2D eigenvalue weighted by Crippen LogP contribution is 2.34. The van der Waals surface area contributed by atoms with Crippen molar-refractivity contribution in [3.63, 3.8) is 0 Å². The van der Waals surface area contributed by atoms with E-state index in [4.69, 9.17) is 14.5 Å². The van der Waals surface area contributed by atoms with Crippen molar-refractivity contribution < 1.29 is 40.7 Å². The summed E-state index contributed by atoms with van der Waals surface area (Å²) in [6.45, 7) is 19.3. The average Bonchev–Trinajstić information content (AvgIpc) is 3.86. The minimum atomic E-state index is -4.38. The van der Waals surface area contributed by atoms with Gasteiger partial charge in [0.2, 0.25) is 5.78 Å². The van der Waals surface area contributed by atoms with Crippen LogP contribution in [0.15, 0.2) is 54.9 Å². The number of carbonyl (C=O) groups is 2. The predicted octanol–water partition coefficient (Wildman–Crippen LogP) is 7.43. The van der Waals surface area contributed by atoms with E-state index in [0.717, 1.165) is 99.4 Å². The molecule has 0 saturated carbocycles. The van der Waals surface area contributed by atoms with Crippen molar-refractivity contribution in [1.29, 1.82) is 0 Å². The number of anilines is 2. The molecule has 3 aliphatic rings. The van der Waals surface area contributed by atoms with Crippen LogP contribution in [0.25, 0.3) is 22.2 Å². The molecule has 2 aromatic carbocycles. The van der Waals surface area contributed by atoms with Gasteiger partial charge in [0, 0.05) is 96.6 Å². The lowest BCUT2D eigenvalue weighted by Crippen LogP contribution is -2.49. The molecule has 3 saturated heterocycles. The van der Waals surface area contributed by atoms with Crippen LogP contribution in [0.3, 0.4) is 0 Å². The van der Waals surface area contributed by atoms with E-state index >= 15 is 8.78 Å². The molecule has 0 radical (unpaired) electrons. The second-order valence-electron chi connectivity index (χ2n) is 19.9. The average molecular weight is 940 g/mol. The van der Waals surface area contributed by atoms with E-state index < -0.39 is 58.7 Å². The Morgan fingerprint density at radius 2 is 1.60 bits per heavy atom. The van der Waals surface area contributed by atoms with Crippen LogP contribution < -0.4 is 9.21 Å². The first-order valence-electron chi connectivity index (χ1n) is 22.7. The third-order valence-corrected chi connectivity index (χ3v) is 16.1. The molecule has 3 fully saturated rings. The number of aromatic nitrogens is 2. The molecule has 5 heterocycles. The van der Waals surface area contributed by atoms with Crippen molar-refractivity contribution >= 4 is 52.4 Å². The van der Waals surface area contributed by atoms with Crippen LogP contribution in [-0.2, 0) is 31.2 Å². The molecule has 0 unspecified atom stereocenters. The Morgan fingerprint density at radius 3 is 2.23 bits per heavy atom. The first kappa shape index (κ1) is 48.6. The van der Waals surface area contributed by atoms with Gasteiger partial charge in [-0.05, 0) is 101 Å². The first-order valence-corrected chi connectivity index (χ1v) is 27.8. The van der Waals surface area contributed by atoms with E-state index in [0.29, 0.717) is 40.0 Å². The second-order valence-corrected chi connectivity index (χ2v) is 27.5. The highest BCUT2D eigenvalue weighted by atomic mass is 32.2. The number of carbonyl (C=O) groups excluding carboxylic acids is 2. The number of piperazine rings is 1. The number of alkyl halides is 1. The zero-order chi connectivity index (χ0) is 46.8. The molecule has 4 aromatic rings. The summed E-state index contributed by atoms with van der Waals surface area (Å²) in [6, 6.07) is 12.6. The maximum absolute atomic E-state index is 16.4. The number of fused-ring (bicyclic) bond motifs is 1. The number of nitrogens with zero attached hydrogens (tertiary/aromatic N) is 7. The molecule has 0 N–H and O–H groups in total. The molecule has 65 heavy (non-hydrogen) atoms. The number of halogens is 3. The molecule has 0 spiro atoms. The summed E-state index contributed by atoms with van der Waals surface area (Å²) in [4.78, 5) is 38.5. The molecule has 3 aliphatic heterocycles. The second kappa shape index (κ2) is 19.9. The van der Waals surface area contributed by atoms with Crippen LogP contribution in [0.1, 0.15) is 56.0 Å². The van der Waals surface area contributed by atoms with Gasteiger partial charge in [-0.3, -0.25) is 23.7 Å². The van der Waals surface area contributed by atoms with Gasteiger partial charge in [0.1, 0.15) is 30.0 Å². The maximum Gasteiger partial charge on any atom is 0.320 e. The minimum absolute atomic E-state index is 0.00910. The van der Waals surface area contributed by atoms with Crippen molar-refractivity contribution in [1.82, 2.24) is 23.7 Å². The Bertz CT molecular complexity index is 2440. The van der Waals surface area contributed by atoms with Gasteiger partial charge in [-0.1, -0.05) is 31.8 Å². The Kier molecular flexibility index (Phi) is 14.9. The molecule has 18 heteroatoms. The number of benzene rings is 2. The monoisotopic (exact) mass is 939 g/mol. The van der Waals surface area contributed by atoms with Crippen molar-refractivity contribution in [3.05, 3.63) is 77.6 Å². The summed E-state index contributed by atoms with van der Waals surface area (Å²) in [5.74, 6) is -3.06. The Labute approximate surface area is 382 Å². The number of rotatable bonds is 16. The number of pyridine rings is 1. The summed E-state index contributed by atoms with van der Waals surface area (Å²) in [5, 5.41) is 0.353. The summed E-state index contributed by atoms with van der Waals surface area (Å²) in [6.07, 6.45) is 3.96. The van der Waals surface area contributed by atoms with Crippen LogP contribution in [0.4, 0.5) is 24.5 Å². The standard InChI is InChI=1S/C47H64F3N7O6SSi/c1-47(2,3)63-42(58)31-53-17-14-33(15-18-53)28-54-20-22-55(23-21-54)37-10-8-34(9-11-37)35-26-38-39(30-56(46(38)51-27-35)32-62-24-25-65(5,6)7)45(59)43-40(49)12-13-41(44(43)50)52(4)64(60,61)57-19-16-36(48)29-57/h8-13,26-27,30,33,36H,14-25,28-29,31-32H2,1-7H3/t36-/m1/s1. The van der Waals surface area contributed by atoms with Crippen molar-refractivity contribution in [2.45, 2.75) is 84.2 Å². The van der Waals surface area contributed by atoms with Gasteiger partial charge in [0.15, 0.2) is 5.82 Å². The van der Waals surface area contributed by atoms with Gasteiger partial charge in [0.05, 0.1) is 23.4 Å². The summed E-state index contributed by atoms with van der Waals surface area (Å²) in [5.41, 5.74) is 1.04. The zero-order valence-corrected chi connectivity index (χ0v) is 40.6. The number of hydrogen-bond donors (Lipinski definition) is 0. The van der Waals surface area contributed by atoms with Gasteiger partial charge in [-0.15, -0.1) is 0 Å². The van der Waals surface area contributed by atoms with Gasteiger partial charge < -0.3 is 18.9 Å². The highest BCUT2D eigenvalue weighted by molar-refractivity contribution is 7.90. The first-order chi connectivity index (χ1) is 30.7. The minimum Gasteiger partial charge on any atom is -0.459 e. The maximum atomic E-state index is 16.4. The fraction of sp³-hybridized carbons (Fsp3) is 0.553. The smallest absolute Gasteiger partial charge is 0.320 e. The van der Waals surface area contributed by atoms with E-state index in [1.165, 1.54) is 6.20 Å². The Balaban J connectivity index is 1.06.